The van der Waals surface area contributed by atoms with E-state index >= 15 is 0 Å². The SMILES string of the molecule is CC/C(C)=C/C(=O)NC1CCN(C(=O)C(F)(F)F)CC1. The van der Waals surface area contributed by atoms with Gasteiger partial charge in [0.1, 0.15) is 0 Å². The number of amides is 2. The molecule has 0 atom stereocenters. The number of nitrogens with one attached hydrogen (secondary N) is 1. The van der Waals surface area contributed by atoms with Crippen LogP contribution in [0, 0.1) is 0 Å². The Morgan fingerprint density at radius 2 is 1.85 bits per heavy atom. The lowest BCUT2D eigenvalue weighted by Crippen LogP contribution is -2.49. The summed E-state index contributed by atoms with van der Waals surface area (Å²) in [5.74, 6) is -2.03. The van der Waals surface area contributed by atoms with Gasteiger partial charge in [0.2, 0.25) is 5.91 Å². The summed E-state index contributed by atoms with van der Waals surface area (Å²) in [5, 5.41) is 2.75. The Hall–Kier alpha value is -1.53. The van der Waals surface area contributed by atoms with E-state index in [-0.39, 0.29) is 25.0 Å². The zero-order chi connectivity index (χ0) is 15.3. The van der Waals surface area contributed by atoms with Crippen LogP contribution >= 0.6 is 0 Å². The Balaban J connectivity index is 2.43. The van der Waals surface area contributed by atoms with Crippen LogP contribution in [0.4, 0.5) is 13.2 Å². The molecule has 114 valence electrons. The molecule has 1 heterocycles. The second-order valence-electron chi connectivity index (χ2n) is 4.92. The van der Waals surface area contributed by atoms with Crippen molar-refractivity contribution in [1.29, 1.82) is 0 Å². The second kappa shape index (κ2) is 6.76. The monoisotopic (exact) mass is 292 g/mol. The maximum atomic E-state index is 12.3. The number of hydrogen-bond acceptors (Lipinski definition) is 2. The summed E-state index contributed by atoms with van der Waals surface area (Å²) >= 11 is 0. The summed E-state index contributed by atoms with van der Waals surface area (Å²) < 4.78 is 36.8. The molecule has 1 N–H and O–H groups in total. The largest absolute Gasteiger partial charge is 0.471 e. The molecule has 1 rings (SSSR count). The standard InChI is InChI=1S/C13H19F3N2O2/c1-3-9(2)8-11(19)17-10-4-6-18(7-5-10)12(20)13(14,15)16/h8,10H,3-7H2,1-2H3,(H,17,19)/b9-8+. The van der Waals surface area contributed by atoms with Gasteiger partial charge in [-0.2, -0.15) is 13.2 Å². The Kier molecular flexibility index (Phi) is 5.59. The lowest BCUT2D eigenvalue weighted by molar-refractivity contribution is -0.186. The van der Waals surface area contributed by atoms with Gasteiger partial charge in [-0.15, -0.1) is 0 Å². The van der Waals surface area contributed by atoms with Crippen molar-refractivity contribution in [2.75, 3.05) is 13.1 Å². The lowest BCUT2D eigenvalue weighted by atomic mass is 10.0. The highest BCUT2D eigenvalue weighted by Gasteiger charge is 2.43. The van der Waals surface area contributed by atoms with Crippen molar-refractivity contribution >= 4 is 11.8 Å². The molecular formula is C13H19F3N2O2. The average Bonchev–Trinajstić information content (AvgIpc) is 2.37. The molecule has 0 spiro atoms. The third-order valence-electron chi connectivity index (χ3n) is 3.31. The van der Waals surface area contributed by atoms with E-state index < -0.39 is 12.1 Å². The molecule has 0 saturated carbocycles. The zero-order valence-electron chi connectivity index (χ0n) is 11.6. The molecule has 1 aliphatic heterocycles. The molecule has 0 bridgehead atoms. The number of nitrogens with zero attached hydrogens (tertiary/aromatic N) is 1. The van der Waals surface area contributed by atoms with Gasteiger partial charge in [0.05, 0.1) is 0 Å². The Morgan fingerprint density at radius 1 is 1.30 bits per heavy atom. The summed E-state index contributed by atoms with van der Waals surface area (Å²) in [6, 6.07) is -0.180. The van der Waals surface area contributed by atoms with Crippen LogP contribution in [0.3, 0.4) is 0 Å². The van der Waals surface area contributed by atoms with Gasteiger partial charge in [-0.1, -0.05) is 12.5 Å². The number of allylic oxidation sites excluding steroid dienone is 1. The van der Waals surface area contributed by atoms with E-state index in [1.165, 1.54) is 6.08 Å². The highest BCUT2D eigenvalue weighted by atomic mass is 19.4. The van der Waals surface area contributed by atoms with Gasteiger partial charge >= 0.3 is 12.1 Å². The van der Waals surface area contributed by atoms with Crippen molar-refractivity contribution in [3.05, 3.63) is 11.6 Å². The topological polar surface area (TPSA) is 49.4 Å². The van der Waals surface area contributed by atoms with Gasteiger partial charge in [0.25, 0.3) is 0 Å². The molecule has 2 amide bonds. The van der Waals surface area contributed by atoms with E-state index in [9.17, 15) is 22.8 Å². The highest BCUT2D eigenvalue weighted by molar-refractivity contribution is 5.88. The summed E-state index contributed by atoms with van der Waals surface area (Å²) in [5.41, 5.74) is 0.937. The summed E-state index contributed by atoms with van der Waals surface area (Å²) in [6.45, 7) is 3.80. The quantitative estimate of drug-likeness (QED) is 0.809. The number of likely N-dealkylation sites (tertiary alicyclic amines) is 1. The van der Waals surface area contributed by atoms with Crippen LogP contribution in [0.2, 0.25) is 0 Å². The number of hydrogen-bond donors (Lipinski definition) is 1. The molecule has 0 radical (unpaired) electrons. The van der Waals surface area contributed by atoms with Gasteiger partial charge in [-0.05, 0) is 26.2 Å². The van der Waals surface area contributed by atoms with Crippen molar-refractivity contribution in [1.82, 2.24) is 10.2 Å². The molecule has 0 aliphatic carbocycles. The van der Waals surface area contributed by atoms with Crippen LogP contribution in [0.1, 0.15) is 33.1 Å². The van der Waals surface area contributed by atoms with Gasteiger partial charge in [0, 0.05) is 25.2 Å². The fourth-order valence-electron chi connectivity index (χ4n) is 1.97. The number of carbonyl (C=O) groups excluding carboxylic acids is 2. The van der Waals surface area contributed by atoms with E-state index in [0.29, 0.717) is 12.8 Å². The first kappa shape index (κ1) is 16.5. The maximum Gasteiger partial charge on any atom is 0.471 e. The van der Waals surface area contributed by atoms with Crippen LogP contribution in [-0.2, 0) is 9.59 Å². The first-order chi connectivity index (χ1) is 9.24. The number of rotatable bonds is 3. The molecule has 1 fully saturated rings. The molecule has 1 saturated heterocycles. The van der Waals surface area contributed by atoms with E-state index in [4.69, 9.17) is 0 Å². The minimum absolute atomic E-state index is 0.0137. The van der Waals surface area contributed by atoms with Crippen molar-refractivity contribution in [3.8, 4) is 0 Å². The van der Waals surface area contributed by atoms with Crippen LogP contribution < -0.4 is 5.32 Å². The van der Waals surface area contributed by atoms with Crippen LogP contribution in [0.25, 0.3) is 0 Å². The third-order valence-corrected chi connectivity index (χ3v) is 3.31. The molecule has 0 aromatic rings. The smallest absolute Gasteiger partial charge is 0.350 e. The van der Waals surface area contributed by atoms with Crippen molar-refractivity contribution in [2.45, 2.75) is 45.3 Å². The van der Waals surface area contributed by atoms with Crippen LogP contribution in [-0.4, -0.2) is 42.0 Å². The Morgan fingerprint density at radius 3 is 2.30 bits per heavy atom. The van der Waals surface area contributed by atoms with Gasteiger partial charge in [-0.25, -0.2) is 0 Å². The minimum Gasteiger partial charge on any atom is -0.350 e. The Labute approximate surface area is 116 Å². The first-order valence-corrected chi connectivity index (χ1v) is 6.57. The summed E-state index contributed by atoms with van der Waals surface area (Å²) in [6.07, 6.45) is -1.88. The van der Waals surface area contributed by atoms with Crippen LogP contribution in [0.5, 0.6) is 0 Å². The zero-order valence-corrected chi connectivity index (χ0v) is 11.6. The first-order valence-electron chi connectivity index (χ1n) is 6.57. The normalized spacial score (nSPS) is 18.1. The molecule has 4 nitrogen and oxygen atoms in total. The number of piperidine rings is 1. The van der Waals surface area contributed by atoms with E-state index in [1.807, 2.05) is 13.8 Å². The average molecular weight is 292 g/mol. The number of carbonyl (C=O) groups is 2. The minimum atomic E-state index is -4.82. The highest BCUT2D eigenvalue weighted by Crippen LogP contribution is 2.21. The van der Waals surface area contributed by atoms with Gasteiger partial charge < -0.3 is 10.2 Å². The van der Waals surface area contributed by atoms with E-state index in [0.717, 1.165) is 16.9 Å². The summed E-state index contributed by atoms with van der Waals surface area (Å²) in [7, 11) is 0. The summed E-state index contributed by atoms with van der Waals surface area (Å²) in [4.78, 5) is 23.4. The van der Waals surface area contributed by atoms with Crippen molar-refractivity contribution in [3.63, 3.8) is 0 Å². The molecular weight excluding hydrogens is 273 g/mol. The van der Waals surface area contributed by atoms with Crippen molar-refractivity contribution < 1.29 is 22.8 Å². The van der Waals surface area contributed by atoms with Crippen molar-refractivity contribution in [2.24, 2.45) is 0 Å². The molecule has 0 aromatic carbocycles. The van der Waals surface area contributed by atoms with Gasteiger partial charge in [0.15, 0.2) is 0 Å². The molecule has 0 unspecified atom stereocenters. The fraction of sp³-hybridized carbons (Fsp3) is 0.692. The maximum absolute atomic E-state index is 12.3. The Bertz CT molecular complexity index is 397. The molecule has 7 heteroatoms. The second-order valence-corrected chi connectivity index (χ2v) is 4.92. The molecule has 0 aromatic heterocycles. The molecule has 1 aliphatic rings. The fourth-order valence-corrected chi connectivity index (χ4v) is 1.97. The van der Waals surface area contributed by atoms with E-state index in [2.05, 4.69) is 5.32 Å². The third kappa shape index (κ3) is 4.86. The number of halogens is 3. The predicted octanol–water partition coefficient (Wildman–Crippen LogP) is 2.01. The van der Waals surface area contributed by atoms with E-state index in [1.54, 1.807) is 0 Å². The lowest BCUT2D eigenvalue weighted by Gasteiger charge is -2.32. The number of alkyl halides is 3. The predicted molar refractivity (Wildman–Crippen MR) is 67.8 cm³/mol. The van der Waals surface area contributed by atoms with Gasteiger partial charge in [-0.3, -0.25) is 9.59 Å². The van der Waals surface area contributed by atoms with Crippen LogP contribution in [0.15, 0.2) is 11.6 Å². The molecule has 20 heavy (non-hydrogen) atoms.